The smallest absolute Gasteiger partial charge is 0.231 e. The van der Waals surface area contributed by atoms with Gasteiger partial charge in [0.2, 0.25) is 6.79 Å². The first kappa shape index (κ1) is 16.2. The molecule has 3 aromatic rings. The lowest BCUT2D eigenvalue weighted by molar-refractivity contribution is 0.0992. The summed E-state index contributed by atoms with van der Waals surface area (Å²) >= 11 is 0. The number of carbonyl (C=O) groups excluding carboxylic acids is 1. The second-order valence-corrected chi connectivity index (χ2v) is 6.09. The first-order valence-electron chi connectivity index (χ1n) is 8.46. The van der Waals surface area contributed by atoms with Crippen LogP contribution in [0.1, 0.15) is 21.5 Å². The van der Waals surface area contributed by atoms with Crippen LogP contribution in [0.25, 0.3) is 0 Å². The summed E-state index contributed by atoms with van der Waals surface area (Å²) in [5.41, 5.74) is 2.69. The molecule has 0 saturated heterocycles. The molecule has 4 rings (SSSR count). The average Bonchev–Trinajstić information content (AvgIpc) is 3.16. The Balaban J connectivity index is 1.37. The first-order chi connectivity index (χ1) is 12.8. The van der Waals surface area contributed by atoms with E-state index in [1.807, 2.05) is 54.6 Å². The van der Waals surface area contributed by atoms with Gasteiger partial charge in [0, 0.05) is 12.0 Å². The van der Waals surface area contributed by atoms with Gasteiger partial charge in [-0.15, -0.1) is 0 Å². The van der Waals surface area contributed by atoms with Crippen molar-refractivity contribution in [3.63, 3.8) is 0 Å². The molecule has 1 heterocycles. The van der Waals surface area contributed by atoms with E-state index in [4.69, 9.17) is 14.2 Å². The fourth-order valence-corrected chi connectivity index (χ4v) is 2.80. The van der Waals surface area contributed by atoms with Gasteiger partial charge in [-0.3, -0.25) is 4.79 Å². The molecular weight excluding hydrogens is 328 g/mol. The molecule has 4 heteroatoms. The maximum Gasteiger partial charge on any atom is 0.231 e. The highest BCUT2D eigenvalue weighted by Gasteiger charge is 2.16. The van der Waals surface area contributed by atoms with Gasteiger partial charge in [-0.2, -0.15) is 0 Å². The second kappa shape index (κ2) is 7.31. The Labute approximate surface area is 152 Å². The highest BCUT2D eigenvalue weighted by molar-refractivity contribution is 5.98. The fraction of sp³-hybridized carbons (Fsp3) is 0.136. The largest absolute Gasteiger partial charge is 0.489 e. The van der Waals surface area contributed by atoms with Gasteiger partial charge in [0.25, 0.3) is 0 Å². The molecule has 3 aromatic carbocycles. The zero-order chi connectivity index (χ0) is 17.8. The third-order valence-electron chi connectivity index (χ3n) is 4.23. The summed E-state index contributed by atoms with van der Waals surface area (Å²) in [4.78, 5) is 12.5. The molecule has 0 N–H and O–H groups in total. The third kappa shape index (κ3) is 3.70. The summed E-state index contributed by atoms with van der Waals surface area (Å²) < 4.78 is 16.4. The van der Waals surface area contributed by atoms with Crippen molar-refractivity contribution in [1.29, 1.82) is 0 Å². The Morgan fingerprint density at radius 1 is 0.846 bits per heavy atom. The number of hydrogen-bond acceptors (Lipinski definition) is 4. The van der Waals surface area contributed by atoms with E-state index in [9.17, 15) is 4.79 Å². The van der Waals surface area contributed by atoms with E-state index in [1.165, 1.54) is 0 Å². The average molecular weight is 346 g/mol. The fourth-order valence-electron chi connectivity index (χ4n) is 2.80. The first-order valence-corrected chi connectivity index (χ1v) is 8.46. The molecule has 0 aliphatic carbocycles. The van der Waals surface area contributed by atoms with E-state index in [0.717, 1.165) is 16.9 Å². The maximum absolute atomic E-state index is 12.5. The van der Waals surface area contributed by atoms with Crippen molar-refractivity contribution in [2.75, 3.05) is 6.79 Å². The third-order valence-corrected chi connectivity index (χ3v) is 4.23. The van der Waals surface area contributed by atoms with Crippen LogP contribution in [-0.4, -0.2) is 12.6 Å². The van der Waals surface area contributed by atoms with Gasteiger partial charge in [-0.1, -0.05) is 42.5 Å². The van der Waals surface area contributed by atoms with Gasteiger partial charge in [-0.05, 0) is 41.5 Å². The molecule has 4 nitrogen and oxygen atoms in total. The number of carbonyl (C=O) groups is 1. The van der Waals surface area contributed by atoms with Gasteiger partial charge in [-0.25, -0.2) is 0 Å². The second-order valence-electron chi connectivity index (χ2n) is 6.09. The van der Waals surface area contributed by atoms with Crippen LogP contribution < -0.4 is 14.2 Å². The molecular formula is C22H18O4. The van der Waals surface area contributed by atoms with Crippen LogP contribution in [0.15, 0.2) is 72.8 Å². The molecule has 1 aliphatic heterocycles. The minimum absolute atomic E-state index is 0.0428. The number of benzene rings is 3. The van der Waals surface area contributed by atoms with Crippen molar-refractivity contribution in [2.24, 2.45) is 0 Å². The van der Waals surface area contributed by atoms with Crippen molar-refractivity contribution in [3.05, 3.63) is 89.5 Å². The summed E-state index contributed by atoms with van der Waals surface area (Å²) in [6.45, 7) is 0.730. The van der Waals surface area contributed by atoms with E-state index >= 15 is 0 Å². The molecule has 0 amide bonds. The summed E-state index contributed by atoms with van der Waals surface area (Å²) in [7, 11) is 0. The molecule has 0 radical (unpaired) electrons. The molecule has 130 valence electrons. The van der Waals surface area contributed by atoms with Crippen molar-refractivity contribution in [2.45, 2.75) is 13.0 Å². The minimum Gasteiger partial charge on any atom is -0.489 e. The predicted octanol–water partition coefficient (Wildman–Crippen LogP) is 4.42. The normalized spacial score (nSPS) is 12.0. The number of hydrogen-bond donors (Lipinski definition) is 0. The van der Waals surface area contributed by atoms with Gasteiger partial charge < -0.3 is 14.2 Å². The van der Waals surface area contributed by atoms with E-state index in [-0.39, 0.29) is 12.6 Å². The topological polar surface area (TPSA) is 44.8 Å². The number of ether oxygens (including phenoxy) is 3. The van der Waals surface area contributed by atoms with E-state index < -0.39 is 0 Å². The molecule has 0 bridgehead atoms. The lowest BCUT2D eigenvalue weighted by Gasteiger charge is -2.07. The van der Waals surface area contributed by atoms with Crippen LogP contribution in [0.4, 0.5) is 0 Å². The summed E-state index contributed by atoms with van der Waals surface area (Å²) in [5.74, 6) is 2.14. The zero-order valence-corrected chi connectivity index (χ0v) is 14.2. The standard InChI is InChI=1S/C22H18O4/c23-20(18-8-11-21-22(13-18)26-15-25-21)12-16-6-9-19(10-7-16)24-14-17-4-2-1-3-5-17/h1-11,13H,12,14-15H2. The Hall–Kier alpha value is -3.27. The molecule has 0 spiro atoms. The molecule has 0 fully saturated rings. The van der Waals surface area contributed by atoms with Gasteiger partial charge >= 0.3 is 0 Å². The molecule has 0 saturated carbocycles. The maximum atomic E-state index is 12.5. The zero-order valence-electron chi connectivity index (χ0n) is 14.2. The van der Waals surface area contributed by atoms with Gasteiger partial charge in [0.05, 0.1) is 0 Å². The molecule has 0 unspecified atom stereocenters. The van der Waals surface area contributed by atoms with Crippen LogP contribution in [0, 0.1) is 0 Å². The SMILES string of the molecule is O=C(Cc1ccc(OCc2ccccc2)cc1)c1ccc2c(c1)OCO2. The number of Topliss-reactive ketones (excluding diaryl/α,β-unsaturated/α-hetero) is 1. The van der Waals surface area contributed by atoms with E-state index in [0.29, 0.717) is 30.1 Å². The summed E-state index contributed by atoms with van der Waals surface area (Å²) in [6.07, 6.45) is 0.332. The Morgan fingerprint density at radius 3 is 2.42 bits per heavy atom. The molecule has 1 aliphatic rings. The molecule has 0 atom stereocenters. The van der Waals surface area contributed by atoms with Crippen molar-refractivity contribution in [3.8, 4) is 17.2 Å². The summed E-state index contributed by atoms with van der Waals surface area (Å²) in [5, 5.41) is 0. The van der Waals surface area contributed by atoms with E-state index in [2.05, 4.69) is 0 Å². The number of ketones is 1. The van der Waals surface area contributed by atoms with Crippen LogP contribution in [0.2, 0.25) is 0 Å². The molecule has 26 heavy (non-hydrogen) atoms. The molecule has 0 aromatic heterocycles. The van der Waals surface area contributed by atoms with Crippen molar-refractivity contribution in [1.82, 2.24) is 0 Å². The van der Waals surface area contributed by atoms with Gasteiger partial charge in [0.15, 0.2) is 17.3 Å². The highest BCUT2D eigenvalue weighted by atomic mass is 16.7. The number of rotatable bonds is 6. The Morgan fingerprint density at radius 2 is 1.62 bits per heavy atom. The number of fused-ring (bicyclic) bond motifs is 1. The van der Waals surface area contributed by atoms with Crippen LogP contribution >= 0.6 is 0 Å². The Kier molecular flexibility index (Phi) is 4.56. The van der Waals surface area contributed by atoms with Crippen LogP contribution in [-0.2, 0) is 13.0 Å². The van der Waals surface area contributed by atoms with Crippen LogP contribution in [0.3, 0.4) is 0 Å². The Bertz CT molecular complexity index is 901. The lowest BCUT2D eigenvalue weighted by Crippen LogP contribution is -2.03. The summed E-state index contributed by atoms with van der Waals surface area (Å²) in [6, 6.07) is 22.9. The predicted molar refractivity (Wildman–Crippen MR) is 97.8 cm³/mol. The lowest BCUT2D eigenvalue weighted by atomic mass is 10.0. The minimum atomic E-state index is 0.0428. The van der Waals surface area contributed by atoms with E-state index in [1.54, 1.807) is 18.2 Å². The van der Waals surface area contributed by atoms with Gasteiger partial charge in [0.1, 0.15) is 12.4 Å². The monoisotopic (exact) mass is 346 g/mol. The highest BCUT2D eigenvalue weighted by Crippen LogP contribution is 2.32. The van der Waals surface area contributed by atoms with Crippen molar-refractivity contribution < 1.29 is 19.0 Å². The van der Waals surface area contributed by atoms with Crippen molar-refractivity contribution >= 4 is 5.78 Å². The quantitative estimate of drug-likeness (QED) is 0.620. The van der Waals surface area contributed by atoms with Crippen LogP contribution in [0.5, 0.6) is 17.2 Å².